The number of aromatic nitrogens is 3. The molecule has 40 heavy (non-hydrogen) atoms. The van der Waals surface area contributed by atoms with Crippen molar-refractivity contribution in [2.24, 2.45) is 11.3 Å². The third-order valence-corrected chi connectivity index (χ3v) is 9.72. The minimum Gasteiger partial charge on any atom is -0.481 e. The number of hydrogen-bond acceptors (Lipinski definition) is 8. The van der Waals surface area contributed by atoms with Gasteiger partial charge in [0.25, 0.3) is 5.89 Å². The standard InChI is InChI=1S/C25H28ClF3N4O5S2/c1-4-18(25(27,28)29)33-40(36,37)14-8-9-15(16(26)11-14)20-17(10-13-6-5-7-13)30-22(39-20)21-32-31-19(38-21)12-24(2,3)23(34)35/h8-9,11,13,18,33H,4-7,10,12H2,1-3H3,(H,34,35). The Kier molecular flexibility index (Phi) is 8.65. The zero-order chi connectivity index (χ0) is 29.5. The zero-order valence-electron chi connectivity index (χ0n) is 21.9. The maximum Gasteiger partial charge on any atom is 0.404 e. The van der Waals surface area contributed by atoms with Gasteiger partial charge in [0.05, 0.1) is 25.9 Å². The molecule has 4 rings (SSSR count). The van der Waals surface area contributed by atoms with Crippen LogP contribution in [0.25, 0.3) is 21.3 Å². The number of benzene rings is 1. The van der Waals surface area contributed by atoms with Crippen LogP contribution < -0.4 is 4.72 Å². The van der Waals surface area contributed by atoms with Crippen LogP contribution in [0.15, 0.2) is 27.5 Å². The number of alkyl halides is 3. The summed E-state index contributed by atoms with van der Waals surface area (Å²) in [6, 6.07) is 1.54. The summed E-state index contributed by atoms with van der Waals surface area (Å²) in [5.41, 5.74) is 0.0527. The van der Waals surface area contributed by atoms with Gasteiger partial charge in [-0.1, -0.05) is 43.9 Å². The molecule has 3 aromatic rings. The molecular formula is C25H28ClF3N4O5S2. The van der Waals surface area contributed by atoms with Crippen molar-refractivity contribution < 1.29 is 35.9 Å². The normalized spacial score (nSPS) is 15.7. The van der Waals surface area contributed by atoms with Crippen LogP contribution in [0.3, 0.4) is 0 Å². The summed E-state index contributed by atoms with van der Waals surface area (Å²) in [6.07, 6.45) is -1.36. The minimum absolute atomic E-state index is 0.0194. The Balaban J connectivity index is 1.67. The molecule has 1 atom stereocenters. The van der Waals surface area contributed by atoms with E-state index in [1.165, 1.54) is 30.4 Å². The monoisotopic (exact) mass is 620 g/mol. The van der Waals surface area contributed by atoms with E-state index in [1.54, 1.807) is 18.6 Å². The second-order valence-electron chi connectivity index (χ2n) is 10.4. The number of aliphatic carboxylic acids is 1. The molecule has 15 heteroatoms. The van der Waals surface area contributed by atoms with Crippen LogP contribution in [0.5, 0.6) is 0 Å². The van der Waals surface area contributed by atoms with E-state index in [-0.39, 0.29) is 23.2 Å². The van der Waals surface area contributed by atoms with E-state index < -0.39 is 44.9 Å². The van der Waals surface area contributed by atoms with Gasteiger partial charge in [-0.05, 0) is 44.7 Å². The van der Waals surface area contributed by atoms with Gasteiger partial charge >= 0.3 is 12.1 Å². The molecule has 2 aromatic heterocycles. The number of rotatable bonds is 11. The van der Waals surface area contributed by atoms with Gasteiger partial charge < -0.3 is 9.52 Å². The van der Waals surface area contributed by atoms with Crippen molar-refractivity contribution in [2.45, 2.75) is 76.4 Å². The van der Waals surface area contributed by atoms with E-state index in [0.29, 0.717) is 33.5 Å². The lowest BCUT2D eigenvalue weighted by atomic mass is 9.82. The first-order valence-corrected chi connectivity index (χ1v) is 15.2. The first kappa shape index (κ1) is 30.4. The molecule has 0 radical (unpaired) electrons. The van der Waals surface area contributed by atoms with Crippen LogP contribution in [-0.2, 0) is 27.7 Å². The fourth-order valence-corrected chi connectivity index (χ4v) is 6.89. The van der Waals surface area contributed by atoms with Gasteiger partial charge in [0.15, 0.2) is 5.01 Å². The predicted molar refractivity (Wildman–Crippen MR) is 142 cm³/mol. The molecule has 1 unspecified atom stereocenters. The topological polar surface area (TPSA) is 135 Å². The van der Waals surface area contributed by atoms with Crippen LogP contribution in [0.2, 0.25) is 5.02 Å². The molecule has 1 saturated carbocycles. The van der Waals surface area contributed by atoms with Gasteiger partial charge in [-0.25, -0.2) is 13.4 Å². The number of carbonyl (C=O) groups is 1. The van der Waals surface area contributed by atoms with Crippen LogP contribution in [0, 0.1) is 11.3 Å². The van der Waals surface area contributed by atoms with Crippen molar-refractivity contribution in [3.05, 3.63) is 34.8 Å². The summed E-state index contributed by atoms with van der Waals surface area (Å²) in [4.78, 5) is 16.4. The van der Waals surface area contributed by atoms with Gasteiger partial charge in [0, 0.05) is 12.0 Å². The number of carboxylic acids is 1. The second kappa shape index (κ2) is 11.4. The molecule has 1 aliphatic carbocycles. The van der Waals surface area contributed by atoms with Crippen LogP contribution in [-0.4, -0.2) is 46.9 Å². The summed E-state index contributed by atoms with van der Waals surface area (Å²) in [5.74, 6) is -0.339. The van der Waals surface area contributed by atoms with Gasteiger partial charge in [0.1, 0.15) is 6.04 Å². The average Bonchev–Trinajstić information content (AvgIpc) is 3.45. The maximum absolute atomic E-state index is 13.2. The molecule has 1 aliphatic rings. The lowest BCUT2D eigenvalue weighted by Crippen LogP contribution is -2.44. The molecular weight excluding hydrogens is 593 g/mol. The smallest absolute Gasteiger partial charge is 0.404 e. The quantitative estimate of drug-likeness (QED) is 0.261. The Hall–Kier alpha value is -2.55. The van der Waals surface area contributed by atoms with Crippen LogP contribution >= 0.6 is 22.9 Å². The van der Waals surface area contributed by atoms with E-state index in [0.717, 1.165) is 25.3 Å². The molecule has 2 N–H and O–H groups in total. The van der Waals surface area contributed by atoms with Gasteiger partial charge in [0.2, 0.25) is 15.9 Å². The number of thiazole rings is 1. The van der Waals surface area contributed by atoms with Crippen LogP contribution in [0.4, 0.5) is 13.2 Å². The Labute approximate surface area is 238 Å². The zero-order valence-corrected chi connectivity index (χ0v) is 24.3. The minimum atomic E-state index is -4.74. The molecule has 0 aliphatic heterocycles. The third-order valence-electron chi connectivity index (χ3n) is 6.82. The predicted octanol–water partition coefficient (Wildman–Crippen LogP) is 6.13. The Morgan fingerprint density at radius 3 is 2.52 bits per heavy atom. The molecule has 0 spiro atoms. The number of nitrogens with zero attached hydrogens (tertiary/aromatic N) is 3. The molecule has 1 aromatic carbocycles. The SMILES string of the molecule is CCC(NS(=O)(=O)c1ccc(-c2sc(-c3nnc(CC(C)(C)C(=O)O)o3)nc2CC2CCC2)c(Cl)c1)C(F)(F)F. The van der Waals surface area contributed by atoms with Crippen molar-refractivity contribution in [2.75, 3.05) is 0 Å². The Morgan fingerprint density at radius 2 is 1.98 bits per heavy atom. The van der Waals surface area contributed by atoms with Crippen LogP contribution in [0.1, 0.15) is 58.0 Å². The highest BCUT2D eigenvalue weighted by molar-refractivity contribution is 7.89. The fraction of sp³-hybridized carbons (Fsp3) is 0.520. The van der Waals surface area contributed by atoms with Gasteiger partial charge in [-0.15, -0.1) is 21.5 Å². The van der Waals surface area contributed by atoms with E-state index in [9.17, 15) is 31.5 Å². The lowest BCUT2D eigenvalue weighted by molar-refractivity contribution is -0.151. The number of nitrogens with one attached hydrogen (secondary N) is 1. The Morgan fingerprint density at radius 1 is 1.27 bits per heavy atom. The molecule has 9 nitrogen and oxygen atoms in total. The number of sulfonamides is 1. The number of carboxylic acid groups (broad SMARTS) is 1. The third kappa shape index (κ3) is 6.67. The van der Waals surface area contributed by atoms with E-state index >= 15 is 0 Å². The number of halogens is 4. The van der Waals surface area contributed by atoms with Crippen molar-refractivity contribution in [3.8, 4) is 21.3 Å². The number of hydrogen-bond donors (Lipinski definition) is 2. The molecule has 0 saturated heterocycles. The highest BCUT2D eigenvalue weighted by Gasteiger charge is 2.41. The van der Waals surface area contributed by atoms with Gasteiger partial charge in [-0.2, -0.15) is 17.9 Å². The van der Waals surface area contributed by atoms with Gasteiger partial charge in [-0.3, -0.25) is 4.79 Å². The van der Waals surface area contributed by atoms with E-state index in [4.69, 9.17) is 21.0 Å². The highest BCUT2D eigenvalue weighted by Crippen LogP contribution is 2.42. The summed E-state index contributed by atoms with van der Waals surface area (Å²) < 4.78 is 72.3. The van der Waals surface area contributed by atoms with Crippen molar-refractivity contribution in [1.29, 1.82) is 0 Å². The molecule has 1 fully saturated rings. The summed E-state index contributed by atoms with van der Waals surface area (Å²) in [7, 11) is -4.50. The highest BCUT2D eigenvalue weighted by atomic mass is 35.5. The second-order valence-corrected chi connectivity index (χ2v) is 13.5. The van der Waals surface area contributed by atoms with E-state index in [2.05, 4.69) is 10.2 Å². The summed E-state index contributed by atoms with van der Waals surface area (Å²) in [6.45, 7) is 4.33. The summed E-state index contributed by atoms with van der Waals surface area (Å²) in [5, 5.41) is 17.8. The molecule has 0 bridgehead atoms. The van der Waals surface area contributed by atoms with Crippen molar-refractivity contribution >= 4 is 38.9 Å². The first-order valence-electron chi connectivity index (χ1n) is 12.6. The lowest BCUT2D eigenvalue weighted by Gasteiger charge is -2.24. The van der Waals surface area contributed by atoms with Crippen molar-refractivity contribution in [1.82, 2.24) is 19.9 Å². The molecule has 218 valence electrons. The average molecular weight is 621 g/mol. The van der Waals surface area contributed by atoms with E-state index in [1.807, 2.05) is 0 Å². The molecule has 2 heterocycles. The Bertz CT molecular complexity index is 1500. The summed E-state index contributed by atoms with van der Waals surface area (Å²) >= 11 is 7.71. The maximum atomic E-state index is 13.2. The van der Waals surface area contributed by atoms with Crippen molar-refractivity contribution in [3.63, 3.8) is 0 Å². The molecule has 0 amide bonds. The first-order chi connectivity index (χ1) is 18.6. The largest absolute Gasteiger partial charge is 0.481 e. The fourth-order valence-electron chi connectivity index (χ4n) is 4.11.